The molecule has 2 aliphatic rings. The van der Waals surface area contributed by atoms with E-state index < -0.39 is 0 Å². The largest absolute Gasteiger partial charge is 0.378 e. The van der Waals surface area contributed by atoms with Crippen LogP contribution in [0.4, 0.5) is 0 Å². The summed E-state index contributed by atoms with van der Waals surface area (Å²) in [5.74, 6) is 1.81. The monoisotopic (exact) mass is 169 g/mol. The smallest absolute Gasteiger partial charge is 0.0643 e. The van der Waals surface area contributed by atoms with Crippen LogP contribution < -0.4 is 5.32 Å². The van der Waals surface area contributed by atoms with Crippen molar-refractivity contribution >= 4 is 0 Å². The lowest BCUT2D eigenvalue weighted by Gasteiger charge is -2.30. The van der Waals surface area contributed by atoms with E-state index in [4.69, 9.17) is 4.74 Å². The van der Waals surface area contributed by atoms with E-state index in [9.17, 15) is 0 Å². The number of hydrogen-bond acceptors (Lipinski definition) is 2. The topological polar surface area (TPSA) is 21.3 Å². The van der Waals surface area contributed by atoms with Crippen molar-refractivity contribution in [1.29, 1.82) is 0 Å². The molecular weight excluding hydrogens is 150 g/mol. The number of nitrogens with one attached hydrogen (secondary N) is 1. The van der Waals surface area contributed by atoms with Crippen molar-refractivity contribution in [3.8, 4) is 0 Å². The molecule has 1 heterocycles. The highest BCUT2D eigenvalue weighted by Gasteiger charge is 2.30. The Hall–Kier alpha value is -0.0800. The van der Waals surface area contributed by atoms with Crippen LogP contribution in [0.25, 0.3) is 0 Å². The Labute approximate surface area is 74.7 Å². The first-order valence-corrected chi connectivity index (χ1v) is 5.09. The summed E-state index contributed by atoms with van der Waals surface area (Å²) >= 11 is 0. The summed E-state index contributed by atoms with van der Waals surface area (Å²) in [6.07, 6.45) is 2.72. The average molecular weight is 169 g/mol. The highest BCUT2D eigenvalue weighted by Crippen LogP contribution is 2.31. The van der Waals surface area contributed by atoms with E-state index in [0.717, 1.165) is 31.1 Å². The fraction of sp³-hybridized carbons (Fsp3) is 1.00. The van der Waals surface area contributed by atoms with Gasteiger partial charge in [-0.3, -0.25) is 0 Å². The average Bonchev–Trinajstić information content (AvgIpc) is 2.24. The van der Waals surface area contributed by atoms with E-state index in [1.807, 2.05) is 0 Å². The zero-order valence-electron chi connectivity index (χ0n) is 8.05. The van der Waals surface area contributed by atoms with Gasteiger partial charge in [-0.25, -0.2) is 0 Å². The third kappa shape index (κ3) is 1.64. The second-order valence-electron chi connectivity index (χ2n) is 4.52. The maximum Gasteiger partial charge on any atom is 0.0643 e. The van der Waals surface area contributed by atoms with Crippen molar-refractivity contribution in [2.24, 2.45) is 11.8 Å². The fourth-order valence-electron chi connectivity index (χ4n) is 2.26. The molecule has 1 aliphatic carbocycles. The van der Waals surface area contributed by atoms with E-state index in [1.54, 1.807) is 0 Å². The van der Waals surface area contributed by atoms with Crippen molar-refractivity contribution in [2.45, 2.75) is 38.8 Å². The number of rotatable bonds is 2. The summed E-state index contributed by atoms with van der Waals surface area (Å²) in [6, 6.07) is 1.43. The van der Waals surface area contributed by atoms with Crippen molar-refractivity contribution < 1.29 is 4.74 Å². The number of hydrogen-bond donors (Lipinski definition) is 1. The number of ether oxygens (including phenoxy) is 1. The predicted octanol–water partition coefficient (Wildman–Crippen LogP) is 1.41. The zero-order chi connectivity index (χ0) is 8.55. The van der Waals surface area contributed by atoms with Gasteiger partial charge in [-0.1, -0.05) is 13.8 Å². The first-order valence-electron chi connectivity index (χ1n) is 5.09. The zero-order valence-corrected chi connectivity index (χ0v) is 8.05. The lowest BCUT2D eigenvalue weighted by atomic mass is 10.0. The molecule has 0 amide bonds. The summed E-state index contributed by atoms with van der Waals surface area (Å²) in [6.45, 7) is 6.59. The first kappa shape index (κ1) is 8.52. The van der Waals surface area contributed by atoms with Crippen molar-refractivity contribution in [3.63, 3.8) is 0 Å². The third-order valence-corrected chi connectivity index (χ3v) is 3.39. The molecule has 2 heteroatoms. The first-order chi connectivity index (χ1) is 5.75. The fourth-order valence-corrected chi connectivity index (χ4v) is 2.26. The molecule has 12 heavy (non-hydrogen) atoms. The third-order valence-electron chi connectivity index (χ3n) is 3.39. The van der Waals surface area contributed by atoms with Gasteiger partial charge in [0, 0.05) is 6.04 Å². The van der Waals surface area contributed by atoms with Gasteiger partial charge < -0.3 is 10.1 Å². The summed E-state index contributed by atoms with van der Waals surface area (Å²) in [4.78, 5) is 0. The SMILES string of the molecule is CC1CC(NC2COC2)CC1C. The van der Waals surface area contributed by atoms with E-state index in [-0.39, 0.29) is 0 Å². The Kier molecular flexibility index (Phi) is 2.37. The highest BCUT2D eigenvalue weighted by molar-refractivity contribution is 4.87. The molecule has 0 aromatic rings. The lowest BCUT2D eigenvalue weighted by molar-refractivity contribution is -0.00989. The molecule has 2 rings (SSSR count). The maximum atomic E-state index is 5.14. The van der Waals surface area contributed by atoms with Gasteiger partial charge in [-0.15, -0.1) is 0 Å². The normalized spacial score (nSPS) is 43.0. The minimum absolute atomic E-state index is 0.660. The minimum Gasteiger partial charge on any atom is -0.378 e. The Bertz CT molecular complexity index is 146. The molecule has 2 atom stereocenters. The Morgan fingerprint density at radius 3 is 2.00 bits per heavy atom. The van der Waals surface area contributed by atoms with E-state index in [0.29, 0.717) is 6.04 Å². The molecule has 0 spiro atoms. The molecule has 1 saturated carbocycles. The van der Waals surface area contributed by atoms with Crippen molar-refractivity contribution in [3.05, 3.63) is 0 Å². The Morgan fingerprint density at radius 2 is 1.58 bits per heavy atom. The summed E-state index contributed by atoms with van der Waals surface area (Å²) in [7, 11) is 0. The van der Waals surface area contributed by atoms with Gasteiger partial charge in [0.25, 0.3) is 0 Å². The molecule has 70 valence electrons. The molecule has 2 nitrogen and oxygen atoms in total. The van der Waals surface area contributed by atoms with Crippen molar-refractivity contribution in [2.75, 3.05) is 13.2 Å². The van der Waals surface area contributed by atoms with Gasteiger partial charge >= 0.3 is 0 Å². The Balaban J connectivity index is 1.75. The Morgan fingerprint density at radius 1 is 1.00 bits per heavy atom. The van der Waals surface area contributed by atoms with Crippen LogP contribution >= 0.6 is 0 Å². The standard InChI is InChI=1S/C10H19NO/c1-7-3-9(4-8(7)2)11-10-5-12-6-10/h7-11H,3-6H2,1-2H3. The maximum absolute atomic E-state index is 5.14. The molecule has 1 N–H and O–H groups in total. The summed E-state index contributed by atoms with van der Waals surface area (Å²) in [5, 5.41) is 3.65. The second-order valence-corrected chi connectivity index (χ2v) is 4.52. The minimum atomic E-state index is 0.660. The van der Waals surface area contributed by atoms with Crippen LogP contribution in [0.5, 0.6) is 0 Å². The van der Waals surface area contributed by atoms with Gasteiger partial charge in [0.1, 0.15) is 0 Å². The van der Waals surface area contributed by atoms with Gasteiger partial charge in [0.2, 0.25) is 0 Å². The van der Waals surface area contributed by atoms with Gasteiger partial charge in [0.15, 0.2) is 0 Å². The highest BCUT2D eigenvalue weighted by atomic mass is 16.5. The van der Waals surface area contributed by atoms with Gasteiger partial charge in [-0.05, 0) is 24.7 Å². The van der Waals surface area contributed by atoms with Crippen LogP contribution in [0.15, 0.2) is 0 Å². The molecule has 0 radical (unpaired) electrons. The van der Waals surface area contributed by atoms with E-state index in [2.05, 4.69) is 19.2 Å². The lowest BCUT2D eigenvalue weighted by Crippen LogP contribution is -2.49. The molecule has 0 aromatic carbocycles. The van der Waals surface area contributed by atoms with Crippen LogP contribution in [-0.2, 0) is 4.74 Å². The van der Waals surface area contributed by atoms with Crippen molar-refractivity contribution in [1.82, 2.24) is 5.32 Å². The van der Waals surface area contributed by atoms with E-state index in [1.165, 1.54) is 12.8 Å². The molecule has 0 aromatic heterocycles. The molecule has 0 bridgehead atoms. The van der Waals surface area contributed by atoms with Crippen LogP contribution in [0, 0.1) is 11.8 Å². The van der Waals surface area contributed by atoms with Crippen LogP contribution in [0.2, 0.25) is 0 Å². The summed E-state index contributed by atoms with van der Waals surface area (Å²) in [5.41, 5.74) is 0. The molecule has 2 fully saturated rings. The molecule has 1 aliphatic heterocycles. The van der Waals surface area contributed by atoms with E-state index >= 15 is 0 Å². The quantitative estimate of drug-likeness (QED) is 0.675. The molecular formula is C10H19NO. The summed E-state index contributed by atoms with van der Waals surface area (Å²) < 4.78 is 5.14. The van der Waals surface area contributed by atoms with Crippen LogP contribution in [-0.4, -0.2) is 25.3 Å². The predicted molar refractivity (Wildman–Crippen MR) is 49.1 cm³/mol. The second kappa shape index (κ2) is 3.35. The molecule has 2 unspecified atom stereocenters. The van der Waals surface area contributed by atoms with Gasteiger partial charge in [-0.2, -0.15) is 0 Å². The van der Waals surface area contributed by atoms with Crippen LogP contribution in [0.1, 0.15) is 26.7 Å². The van der Waals surface area contributed by atoms with Gasteiger partial charge in [0.05, 0.1) is 19.3 Å². The molecule has 1 saturated heterocycles. The van der Waals surface area contributed by atoms with Crippen LogP contribution in [0.3, 0.4) is 0 Å².